The number of aryl methyl sites for hydroxylation is 1. The van der Waals surface area contributed by atoms with Crippen LogP contribution in [0.25, 0.3) is 0 Å². The van der Waals surface area contributed by atoms with Crippen LogP contribution in [0.1, 0.15) is 10.5 Å². The Morgan fingerprint density at radius 1 is 1.52 bits per heavy atom. The van der Waals surface area contributed by atoms with Gasteiger partial charge >= 0.3 is 12.3 Å². The summed E-state index contributed by atoms with van der Waals surface area (Å²) in [5.41, 5.74) is -0.711. The molecule has 0 atom stereocenters. The largest absolute Gasteiger partial charge is 0.433 e. The number of carbonyl (C=O) groups excluding carboxylic acids is 1. The number of aromatic nitrogens is 2. The number of benzene rings is 1. The molecule has 1 N–H and O–H groups in total. The predicted molar refractivity (Wildman–Crippen MR) is 75.9 cm³/mol. The van der Waals surface area contributed by atoms with Gasteiger partial charge < -0.3 is 10.1 Å². The van der Waals surface area contributed by atoms with E-state index in [2.05, 4.69) is 15.2 Å². The van der Waals surface area contributed by atoms with Crippen LogP contribution < -0.4 is 10.1 Å². The SMILES string of the molecule is Cn1cc([N+](=O)[O-])c(C(=O)Nc2ccc(OC(F)F)c(Cl)c2)n1. The van der Waals surface area contributed by atoms with Crippen molar-refractivity contribution in [2.45, 2.75) is 6.61 Å². The van der Waals surface area contributed by atoms with Gasteiger partial charge in [0, 0.05) is 12.7 Å². The van der Waals surface area contributed by atoms with Crippen molar-refractivity contribution in [2.75, 3.05) is 5.32 Å². The molecule has 8 nitrogen and oxygen atoms in total. The quantitative estimate of drug-likeness (QED) is 0.663. The van der Waals surface area contributed by atoms with Crippen LogP contribution in [-0.4, -0.2) is 27.2 Å². The van der Waals surface area contributed by atoms with Gasteiger partial charge in [0.15, 0.2) is 0 Å². The van der Waals surface area contributed by atoms with E-state index in [-0.39, 0.29) is 22.2 Å². The Balaban J connectivity index is 2.21. The monoisotopic (exact) mass is 346 g/mol. The van der Waals surface area contributed by atoms with Gasteiger partial charge in [0.2, 0.25) is 5.69 Å². The molecule has 0 fully saturated rings. The van der Waals surface area contributed by atoms with Crippen molar-refractivity contribution in [2.24, 2.45) is 7.05 Å². The summed E-state index contributed by atoms with van der Waals surface area (Å²) in [7, 11) is 1.43. The van der Waals surface area contributed by atoms with Crippen molar-refractivity contribution < 1.29 is 23.2 Å². The normalized spacial score (nSPS) is 10.7. The summed E-state index contributed by atoms with van der Waals surface area (Å²) in [5.74, 6) is -1.10. The molecule has 2 aromatic rings. The first-order valence-corrected chi connectivity index (χ1v) is 6.39. The number of nitrogens with one attached hydrogen (secondary N) is 1. The second kappa shape index (κ2) is 6.57. The first kappa shape index (κ1) is 16.6. The summed E-state index contributed by atoms with van der Waals surface area (Å²) in [6.45, 7) is -3.04. The third-order valence-electron chi connectivity index (χ3n) is 2.63. The minimum Gasteiger partial charge on any atom is -0.433 e. The molecular weight excluding hydrogens is 338 g/mol. The number of rotatable bonds is 5. The van der Waals surface area contributed by atoms with E-state index in [9.17, 15) is 23.7 Å². The van der Waals surface area contributed by atoms with Crippen molar-refractivity contribution in [3.05, 3.63) is 45.2 Å². The van der Waals surface area contributed by atoms with Gasteiger partial charge in [-0.1, -0.05) is 11.6 Å². The molecule has 1 amide bonds. The summed E-state index contributed by atoms with van der Waals surface area (Å²) >= 11 is 5.75. The van der Waals surface area contributed by atoms with E-state index in [4.69, 9.17) is 11.6 Å². The maximum absolute atomic E-state index is 12.1. The van der Waals surface area contributed by atoms with E-state index in [0.717, 1.165) is 16.9 Å². The standard InChI is InChI=1S/C12H9ClF2N4O4/c1-18-5-8(19(21)22)10(17-18)11(20)16-6-2-3-9(7(13)4-6)23-12(14)15/h2-5,12H,1H3,(H,16,20). The second-order valence-corrected chi connectivity index (χ2v) is 4.68. The Labute approximate surface area is 132 Å². The third kappa shape index (κ3) is 3.92. The van der Waals surface area contributed by atoms with Crippen LogP contribution in [0, 0.1) is 10.1 Å². The summed E-state index contributed by atoms with van der Waals surface area (Å²) in [6, 6.07) is 3.57. The second-order valence-electron chi connectivity index (χ2n) is 4.27. The fourth-order valence-electron chi connectivity index (χ4n) is 1.73. The first-order chi connectivity index (χ1) is 10.8. The molecule has 0 radical (unpaired) electrons. The fraction of sp³-hybridized carbons (Fsp3) is 0.167. The summed E-state index contributed by atoms with van der Waals surface area (Å²) < 4.78 is 29.5. The number of carbonyl (C=O) groups is 1. The highest BCUT2D eigenvalue weighted by Gasteiger charge is 2.25. The molecule has 0 unspecified atom stereocenters. The third-order valence-corrected chi connectivity index (χ3v) is 2.92. The van der Waals surface area contributed by atoms with E-state index in [1.54, 1.807) is 0 Å². The zero-order valence-corrected chi connectivity index (χ0v) is 12.3. The first-order valence-electron chi connectivity index (χ1n) is 6.01. The lowest BCUT2D eigenvalue weighted by Crippen LogP contribution is -2.14. The van der Waals surface area contributed by atoms with Crippen molar-refractivity contribution in [1.82, 2.24) is 9.78 Å². The molecule has 1 aromatic carbocycles. The molecule has 0 saturated carbocycles. The van der Waals surface area contributed by atoms with Crippen molar-refractivity contribution in [3.8, 4) is 5.75 Å². The molecular formula is C12H9ClF2N4O4. The minimum absolute atomic E-state index is 0.140. The van der Waals surface area contributed by atoms with Crippen molar-refractivity contribution in [1.29, 1.82) is 0 Å². The molecule has 122 valence electrons. The van der Waals surface area contributed by atoms with Crippen LogP contribution in [0.2, 0.25) is 5.02 Å². The Morgan fingerprint density at radius 3 is 2.78 bits per heavy atom. The number of ether oxygens (including phenoxy) is 1. The van der Waals surface area contributed by atoms with Gasteiger partial charge in [0.05, 0.1) is 9.95 Å². The van der Waals surface area contributed by atoms with Crippen LogP contribution in [0.5, 0.6) is 5.75 Å². The van der Waals surface area contributed by atoms with Crippen molar-refractivity contribution >= 4 is 28.9 Å². The molecule has 0 saturated heterocycles. The fourth-order valence-corrected chi connectivity index (χ4v) is 1.96. The topological polar surface area (TPSA) is 99.3 Å². The van der Waals surface area contributed by atoms with Crippen LogP contribution in [0.4, 0.5) is 20.2 Å². The molecule has 23 heavy (non-hydrogen) atoms. The number of alkyl halides is 2. The van der Waals surface area contributed by atoms with Gasteiger partial charge in [0.25, 0.3) is 5.91 Å². The lowest BCUT2D eigenvalue weighted by atomic mass is 10.2. The number of hydrogen-bond acceptors (Lipinski definition) is 5. The van der Waals surface area contributed by atoms with Gasteiger partial charge in [-0.2, -0.15) is 13.9 Å². The Bertz CT molecular complexity index is 766. The van der Waals surface area contributed by atoms with E-state index in [0.29, 0.717) is 0 Å². The van der Waals surface area contributed by atoms with Crippen LogP contribution in [0.3, 0.4) is 0 Å². The summed E-state index contributed by atoms with van der Waals surface area (Å²) in [5, 5.41) is 16.8. The number of amides is 1. The molecule has 1 heterocycles. The zero-order valence-electron chi connectivity index (χ0n) is 11.5. The van der Waals surface area contributed by atoms with Crippen LogP contribution >= 0.6 is 11.6 Å². The molecule has 0 bridgehead atoms. The van der Waals surface area contributed by atoms with E-state index in [1.807, 2.05) is 0 Å². The number of halogens is 3. The highest BCUT2D eigenvalue weighted by molar-refractivity contribution is 6.32. The molecule has 0 aliphatic heterocycles. The van der Waals surface area contributed by atoms with Crippen molar-refractivity contribution in [3.63, 3.8) is 0 Å². The number of anilines is 1. The molecule has 1 aromatic heterocycles. The molecule has 0 spiro atoms. The maximum atomic E-state index is 12.1. The smallest absolute Gasteiger partial charge is 0.387 e. The van der Waals surface area contributed by atoms with Crippen LogP contribution in [0.15, 0.2) is 24.4 Å². The zero-order chi connectivity index (χ0) is 17.1. The Morgan fingerprint density at radius 2 is 2.22 bits per heavy atom. The lowest BCUT2D eigenvalue weighted by molar-refractivity contribution is -0.385. The van der Waals surface area contributed by atoms with E-state index < -0.39 is 23.1 Å². The number of nitro groups is 1. The Kier molecular flexibility index (Phi) is 4.74. The summed E-state index contributed by atoms with van der Waals surface area (Å²) in [6.07, 6.45) is 1.08. The Hall–Kier alpha value is -2.75. The van der Waals surface area contributed by atoms with Gasteiger partial charge in [-0.3, -0.25) is 19.6 Å². The highest BCUT2D eigenvalue weighted by Crippen LogP contribution is 2.29. The predicted octanol–water partition coefficient (Wildman–Crippen LogP) is 2.84. The van der Waals surface area contributed by atoms with Gasteiger partial charge in [-0.05, 0) is 18.2 Å². The number of nitrogens with zero attached hydrogens (tertiary/aromatic N) is 3. The molecule has 0 aliphatic rings. The van der Waals surface area contributed by atoms with Gasteiger partial charge in [0.1, 0.15) is 11.9 Å². The molecule has 0 aliphatic carbocycles. The number of hydrogen-bond donors (Lipinski definition) is 1. The average molecular weight is 347 g/mol. The van der Waals surface area contributed by atoms with E-state index >= 15 is 0 Å². The molecule has 2 rings (SSSR count). The summed E-state index contributed by atoms with van der Waals surface area (Å²) in [4.78, 5) is 22.2. The minimum atomic E-state index is -3.04. The maximum Gasteiger partial charge on any atom is 0.387 e. The lowest BCUT2D eigenvalue weighted by Gasteiger charge is -2.08. The average Bonchev–Trinajstić information content (AvgIpc) is 2.84. The molecule has 11 heteroatoms. The highest BCUT2D eigenvalue weighted by atomic mass is 35.5. The van der Waals surface area contributed by atoms with Gasteiger partial charge in [-0.15, -0.1) is 0 Å². The van der Waals surface area contributed by atoms with E-state index in [1.165, 1.54) is 19.2 Å². The van der Waals surface area contributed by atoms with Gasteiger partial charge in [-0.25, -0.2) is 0 Å². The van der Waals surface area contributed by atoms with Crippen LogP contribution in [-0.2, 0) is 7.05 Å².